The highest BCUT2D eigenvalue weighted by Crippen LogP contribution is 2.31. The van der Waals surface area contributed by atoms with E-state index in [-0.39, 0.29) is 20.0 Å². The van der Waals surface area contributed by atoms with E-state index in [4.69, 9.17) is 21.1 Å². The molecule has 0 atom stereocenters. The van der Waals surface area contributed by atoms with Crippen LogP contribution < -0.4 is 9.47 Å². The maximum Gasteiger partial charge on any atom is 0.326 e. The van der Waals surface area contributed by atoms with Crippen LogP contribution in [0.5, 0.6) is 11.5 Å². The lowest BCUT2D eigenvalue weighted by atomic mass is 10.3. The van der Waals surface area contributed by atoms with Crippen molar-refractivity contribution >= 4 is 44.6 Å². The van der Waals surface area contributed by atoms with Crippen LogP contribution in [0.2, 0.25) is 4.34 Å². The fourth-order valence-electron chi connectivity index (χ4n) is 1.86. The molecule has 0 aliphatic heterocycles. The van der Waals surface area contributed by atoms with Gasteiger partial charge in [-0.3, -0.25) is 14.9 Å². The van der Waals surface area contributed by atoms with Crippen molar-refractivity contribution in [2.75, 3.05) is 20.7 Å². The first-order chi connectivity index (χ1) is 12.1. The van der Waals surface area contributed by atoms with Crippen molar-refractivity contribution in [3.8, 4) is 11.5 Å². The molecule has 1 heterocycles. The summed E-state index contributed by atoms with van der Waals surface area (Å²) in [5.41, 5.74) is -0.478. The number of sulfonamides is 1. The molecule has 0 saturated heterocycles. The van der Waals surface area contributed by atoms with E-state index >= 15 is 0 Å². The van der Waals surface area contributed by atoms with Gasteiger partial charge in [0.25, 0.3) is 10.0 Å². The van der Waals surface area contributed by atoms with Gasteiger partial charge in [-0.25, -0.2) is 8.42 Å². The molecule has 0 aliphatic rings. The van der Waals surface area contributed by atoms with Crippen LogP contribution in [-0.2, 0) is 14.8 Å². The first-order valence-electron chi connectivity index (χ1n) is 6.90. The minimum Gasteiger partial charge on any atom is -0.496 e. The van der Waals surface area contributed by atoms with E-state index in [1.165, 1.54) is 38.4 Å². The Kier molecular flexibility index (Phi) is 6.18. The Morgan fingerprint density at radius 2 is 2.04 bits per heavy atom. The van der Waals surface area contributed by atoms with Gasteiger partial charge in [0, 0.05) is 7.05 Å². The van der Waals surface area contributed by atoms with Crippen LogP contribution in [0, 0.1) is 10.1 Å². The van der Waals surface area contributed by atoms with E-state index in [1.807, 2.05) is 0 Å². The van der Waals surface area contributed by atoms with Crippen LogP contribution in [0.15, 0.2) is 34.5 Å². The second kappa shape index (κ2) is 7.99. The lowest BCUT2D eigenvalue weighted by Crippen LogP contribution is -2.33. The van der Waals surface area contributed by atoms with E-state index in [0.29, 0.717) is 0 Å². The number of nitrogens with zero attached hydrogens (tertiary/aromatic N) is 2. The zero-order chi connectivity index (χ0) is 19.5. The summed E-state index contributed by atoms with van der Waals surface area (Å²) < 4.78 is 35.5. The van der Waals surface area contributed by atoms with Crippen LogP contribution >= 0.6 is 22.9 Å². The monoisotopic (exact) mass is 420 g/mol. The highest BCUT2D eigenvalue weighted by molar-refractivity contribution is 7.91. The van der Waals surface area contributed by atoms with Crippen LogP contribution in [-0.4, -0.2) is 44.3 Å². The number of esters is 1. The molecule has 0 saturated carbocycles. The quantitative estimate of drug-likeness (QED) is 0.292. The zero-order valence-corrected chi connectivity index (χ0v) is 15.9. The second-order valence-corrected chi connectivity index (χ2v) is 8.87. The van der Waals surface area contributed by atoms with Crippen LogP contribution in [0.25, 0.3) is 0 Å². The Morgan fingerprint density at radius 3 is 2.58 bits per heavy atom. The average Bonchev–Trinajstić information content (AvgIpc) is 3.02. The maximum absolute atomic E-state index is 12.3. The first-order valence-corrected chi connectivity index (χ1v) is 9.53. The van der Waals surface area contributed by atoms with Gasteiger partial charge in [0.05, 0.1) is 22.4 Å². The third kappa shape index (κ3) is 4.49. The highest BCUT2D eigenvalue weighted by Gasteiger charge is 2.27. The van der Waals surface area contributed by atoms with E-state index in [1.54, 1.807) is 0 Å². The second-order valence-electron chi connectivity index (χ2n) is 4.88. The lowest BCUT2D eigenvalue weighted by molar-refractivity contribution is -0.385. The molecule has 0 spiro atoms. The van der Waals surface area contributed by atoms with Crippen LogP contribution in [0.3, 0.4) is 0 Å². The van der Waals surface area contributed by atoms with Gasteiger partial charge in [-0.1, -0.05) is 11.6 Å². The van der Waals surface area contributed by atoms with Crippen molar-refractivity contribution in [1.82, 2.24) is 4.31 Å². The molecule has 0 amide bonds. The van der Waals surface area contributed by atoms with Crippen LogP contribution in [0.4, 0.5) is 5.69 Å². The number of rotatable bonds is 7. The number of ether oxygens (including phenoxy) is 2. The summed E-state index contributed by atoms with van der Waals surface area (Å²) in [5.74, 6) is -1.08. The molecular formula is C14H13ClN2O7S2. The Bertz CT molecular complexity index is 943. The summed E-state index contributed by atoms with van der Waals surface area (Å²) in [5, 5.41) is 11.1. The molecule has 12 heteroatoms. The molecule has 140 valence electrons. The third-order valence-corrected chi connectivity index (χ3v) is 6.65. The number of methoxy groups -OCH3 is 1. The van der Waals surface area contributed by atoms with Crippen molar-refractivity contribution in [2.24, 2.45) is 0 Å². The number of thiophene rings is 1. The largest absolute Gasteiger partial charge is 0.496 e. The van der Waals surface area contributed by atoms with Crippen molar-refractivity contribution in [3.05, 3.63) is 44.8 Å². The molecule has 0 radical (unpaired) electrons. The van der Waals surface area contributed by atoms with Gasteiger partial charge in [0.1, 0.15) is 16.5 Å². The first kappa shape index (κ1) is 20.1. The number of hydrogen-bond acceptors (Lipinski definition) is 8. The van der Waals surface area contributed by atoms with Gasteiger partial charge in [-0.2, -0.15) is 4.31 Å². The molecular weight excluding hydrogens is 408 g/mol. The molecule has 0 unspecified atom stereocenters. The Morgan fingerprint density at radius 1 is 1.35 bits per heavy atom. The Labute approximate surface area is 157 Å². The van der Waals surface area contributed by atoms with Crippen molar-refractivity contribution in [2.45, 2.75) is 4.21 Å². The summed E-state index contributed by atoms with van der Waals surface area (Å²) in [6, 6.07) is 6.41. The number of halogens is 1. The standard InChI is InChI=1S/C14H13ClN2O7S2/c1-16(26(21,22)14-6-5-12(15)25-14)8-13(18)24-11-4-3-9(23-2)7-10(11)17(19)20/h3-7H,8H2,1-2H3. The van der Waals surface area contributed by atoms with E-state index in [0.717, 1.165) is 21.7 Å². The number of likely N-dealkylation sites (N-methyl/N-ethyl adjacent to an activating group) is 1. The topological polar surface area (TPSA) is 116 Å². The van der Waals surface area contributed by atoms with Crippen molar-refractivity contribution in [1.29, 1.82) is 0 Å². The van der Waals surface area contributed by atoms with Gasteiger partial charge in [-0.05, 0) is 24.3 Å². The molecule has 0 fully saturated rings. The number of carbonyl (C=O) groups excluding carboxylic acids is 1. The average molecular weight is 421 g/mol. The summed E-state index contributed by atoms with van der Waals surface area (Å²) in [6.07, 6.45) is 0. The van der Waals surface area contributed by atoms with Crippen molar-refractivity contribution < 1.29 is 27.6 Å². The molecule has 0 bridgehead atoms. The molecule has 2 rings (SSSR count). The molecule has 0 aliphatic carbocycles. The summed E-state index contributed by atoms with van der Waals surface area (Å²) in [6.45, 7) is -0.638. The summed E-state index contributed by atoms with van der Waals surface area (Å²) >= 11 is 6.57. The number of hydrogen-bond donors (Lipinski definition) is 0. The normalized spacial score (nSPS) is 11.4. The summed E-state index contributed by atoms with van der Waals surface area (Å²) in [4.78, 5) is 22.4. The fourth-order valence-corrected chi connectivity index (χ4v) is 4.67. The van der Waals surface area contributed by atoms with Crippen molar-refractivity contribution in [3.63, 3.8) is 0 Å². The van der Waals surface area contributed by atoms with Gasteiger partial charge in [0.2, 0.25) is 5.75 Å². The highest BCUT2D eigenvalue weighted by atomic mass is 35.5. The lowest BCUT2D eigenvalue weighted by Gasteiger charge is -2.15. The third-order valence-electron chi connectivity index (χ3n) is 3.15. The molecule has 26 heavy (non-hydrogen) atoms. The Balaban J connectivity index is 2.15. The number of nitro groups is 1. The number of carbonyl (C=O) groups is 1. The van der Waals surface area contributed by atoms with E-state index in [2.05, 4.69) is 0 Å². The predicted molar refractivity (Wildman–Crippen MR) is 94.4 cm³/mol. The fraction of sp³-hybridized carbons (Fsp3) is 0.214. The molecule has 2 aromatic rings. The smallest absolute Gasteiger partial charge is 0.326 e. The van der Waals surface area contributed by atoms with Gasteiger partial charge < -0.3 is 9.47 Å². The molecule has 9 nitrogen and oxygen atoms in total. The molecule has 1 aromatic heterocycles. The van der Waals surface area contributed by atoms with Gasteiger partial charge >= 0.3 is 11.7 Å². The van der Waals surface area contributed by atoms with Gasteiger partial charge in [-0.15, -0.1) is 11.3 Å². The number of nitro benzene ring substituents is 1. The minimum absolute atomic E-state index is 0.0340. The predicted octanol–water partition coefficient (Wildman–Crippen LogP) is 2.54. The van der Waals surface area contributed by atoms with E-state index in [9.17, 15) is 23.3 Å². The minimum atomic E-state index is -3.93. The van der Waals surface area contributed by atoms with Crippen LogP contribution in [0.1, 0.15) is 0 Å². The van der Waals surface area contributed by atoms with E-state index < -0.39 is 33.1 Å². The Hall–Kier alpha value is -2.21. The summed E-state index contributed by atoms with van der Waals surface area (Å²) in [7, 11) is -1.41. The maximum atomic E-state index is 12.3. The zero-order valence-electron chi connectivity index (χ0n) is 13.5. The number of benzene rings is 1. The van der Waals surface area contributed by atoms with Gasteiger partial charge in [0.15, 0.2) is 0 Å². The SMILES string of the molecule is COc1ccc(OC(=O)CN(C)S(=O)(=O)c2ccc(Cl)s2)c([N+](=O)[O-])c1. The molecule has 0 N–H and O–H groups in total. The molecule has 1 aromatic carbocycles.